The first-order valence-corrected chi connectivity index (χ1v) is 6.25. The highest BCUT2D eigenvalue weighted by Gasteiger charge is 2.12. The summed E-state index contributed by atoms with van der Waals surface area (Å²) >= 11 is 0. The summed E-state index contributed by atoms with van der Waals surface area (Å²) < 4.78 is 0. The maximum absolute atomic E-state index is 5.62. The maximum atomic E-state index is 5.62. The highest BCUT2D eigenvalue weighted by atomic mass is 15.1. The molecule has 0 bridgehead atoms. The van der Waals surface area contributed by atoms with Crippen molar-refractivity contribution in [3.05, 3.63) is 35.4 Å². The summed E-state index contributed by atoms with van der Waals surface area (Å²) in [5, 5.41) is 0. The van der Waals surface area contributed by atoms with Crippen LogP contribution in [0.5, 0.6) is 0 Å². The van der Waals surface area contributed by atoms with Crippen molar-refractivity contribution < 1.29 is 0 Å². The summed E-state index contributed by atoms with van der Waals surface area (Å²) in [6, 6.07) is 9.38. The van der Waals surface area contributed by atoms with Gasteiger partial charge in [0.05, 0.1) is 0 Å². The second-order valence-corrected chi connectivity index (χ2v) is 4.19. The Hall–Kier alpha value is -0.860. The lowest BCUT2D eigenvalue weighted by molar-refractivity contribution is 0.228. The van der Waals surface area contributed by atoms with Crippen LogP contribution in [-0.4, -0.2) is 24.5 Å². The molecule has 0 aliphatic heterocycles. The molecule has 1 unspecified atom stereocenters. The zero-order chi connectivity index (χ0) is 12.0. The molecule has 0 aromatic heterocycles. The van der Waals surface area contributed by atoms with Gasteiger partial charge in [-0.1, -0.05) is 38.1 Å². The Bertz CT molecular complexity index is 292. The summed E-state index contributed by atoms with van der Waals surface area (Å²) in [7, 11) is 0. The molecule has 2 N–H and O–H groups in total. The molecule has 2 nitrogen and oxygen atoms in total. The maximum Gasteiger partial charge on any atom is 0.0320 e. The van der Waals surface area contributed by atoms with Gasteiger partial charge in [0.1, 0.15) is 0 Å². The first-order valence-electron chi connectivity index (χ1n) is 6.25. The fourth-order valence-electron chi connectivity index (χ4n) is 2.03. The minimum atomic E-state index is 0.458. The lowest BCUT2D eigenvalue weighted by atomic mass is 10.0. The number of benzene rings is 1. The van der Waals surface area contributed by atoms with Crippen molar-refractivity contribution in [3.8, 4) is 0 Å². The normalized spacial score (nSPS) is 13.1. The van der Waals surface area contributed by atoms with Crippen LogP contribution < -0.4 is 5.73 Å². The molecule has 16 heavy (non-hydrogen) atoms. The summed E-state index contributed by atoms with van der Waals surface area (Å²) in [5.41, 5.74) is 8.41. The molecule has 1 atom stereocenters. The predicted octanol–water partition coefficient (Wildman–Crippen LogP) is 2.59. The van der Waals surface area contributed by atoms with Crippen LogP contribution >= 0.6 is 0 Å². The first kappa shape index (κ1) is 13.2. The number of hydrogen-bond acceptors (Lipinski definition) is 2. The summed E-state index contributed by atoms with van der Waals surface area (Å²) in [4.78, 5) is 2.40. The molecule has 1 rings (SSSR count). The Balaban J connectivity index is 2.73. The SMILES string of the molecule is CCc1ccc(C(C)N(CC)CCN)cc1. The quantitative estimate of drug-likeness (QED) is 0.798. The monoisotopic (exact) mass is 220 g/mol. The van der Waals surface area contributed by atoms with E-state index in [1.54, 1.807) is 0 Å². The van der Waals surface area contributed by atoms with E-state index in [1.165, 1.54) is 11.1 Å². The molecule has 1 aromatic carbocycles. The van der Waals surface area contributed by atoms with Crippen molar-refractivity contribution in [1.82, 2.24) is 4.90 Å². The average molecular weight is 220 g/mol. The fourth-order valence-corrected chi connectivity index (χ4v) is 2.03. The van der Waals surface area contributed by atoms with Gasteiger partial charge in [0.25, 0.3) is 0 Å². The van der Waals surface area contributed by atoms with Gasteiger partial charge < -0.3 is 5.73 Å². The van der Waals surface area contributed by atoms with Crippen LogP contribution in [0.4, 0.5) is 0 Å². The van der Waals surface area contributed by atoms with Crippen LogP contribution in [0.2, 0.25) is 0 Å². The molecule has 0 heterocycles. The van der Waals surface area contributed by atoms with Crippen molar-refractivity contribution >= 4 is 0 Å². The van der Waals surface area contributed by atoms with Gasteiger partial charge in [0, 0.05) is 19.1 Å². The predicted molar refractivity (Wildman–Crippen MR) is 70.5 cm³/mol. The minimum absolute atomic E-state index is 0.458. The van der Waals surface area contributed by atoms with Crippen LogP contribution in [0.1, 0.15) is 37.9 Å². The van der Waals surface area contributed by atoms with E-state index in [2.05, 4.69) is 49.9 Å². The van der Waals surface area contributed by atoms with Gasteiger partial charge in [0.15, 0.2) is 0 Å². The third kappa shape index (κ3) is 3.32. The number of nitrogens with zero attached hydrogens (tertiary/aromatic N) is 1. The molecule has 0 aliphatic carbocycles. The standard InChI is InChI=1S/C14H24N2/c1-4-13-6-8-14(9-7-13)12(3)16(5-2)11-10-15/h6-9,12H,4-5,10-11,15H2,1-3H3. The average Bonchev–Trinajstić information content (AvgIpc) is 2.35. The van der Waals surface area contributed by atoms with E-state index in [0.29, 0.717) is 6.04 Å². The second-order valence-electron chi connectivity index (χ2n) is 4.19. The van der Waals surface area contributed by atoms with Crippen molar-refractivity contribution in [1.29, 1.82) is 0 Å². The van der Waals surface area contributed by atoms with E-state index in [-0.39, 0.29) is 0 Å². The van der Waals surface area contributed by atoms with E-state index in [9.17, 15) is 0 Å². The third-order valence-corrected chi connectivity index (χ3v) is 3.24. The highest BCUT2D eigenvalue weighted by Crippen LogP contribution is 2.20. The zero-order valence-electron chi connectivity index (χ0n) is 10.7. The Kier molecular flexibility index (Phi) is 5.50. The highest BCUT2D eigenvalue weighted by molar-refractivity contribution is 5.24. The van der Waals surface area contributed by atoms with Crippen LogP contribution in [0.15, 0.2) is 24.3 Å². The molecule has 0 fully saturated rings. The lowest BCUT2D eigenvalue weighted by Crippen LogP contribution is -2.31. The van der Waals surface area contributed by atoms with Gasteiger partial charge in [-0.05, 0) is 31.0 Å². The molecule has 0 radical (unpaired) electrons. The van der Waals surface area contributed by atoms with Crippen molar-refractivity contribution in [2.24, 2.45) is 5.73 Å². The van der Waals surface area contributed by atoms with E-state index in [0.717, 1.165) is 26.1 Å². The van der Waals surface area contributed by atoms with Crippen LogP contribution in [-0.2, 0) is 6.42 Å². The molecule has 0 spiro atoms. The fraction of sp³-hybridized carbons (Fsp3) is 0.571. The Morgan fingerprint density at radius 1 is 1.19 bits per heavy atom. The Morgan fingerprint density at radius 3 is 2.25 bits per heavy atom. The second kappa shape index (κ2) is 6.66. The molecule has 0 aliphatic rings. The molecular weight excluding hydrogens is 196 g/mol. The minimum Gasteiger partial charge on any atom is -0.329 e. The smallest absolute Gasteiger partial charge is 0.0320 e. The molecule has 2 heteroatoms. The number of likely N-dealkylation sites (N-methyl/N-ethyl adjacent to an activating group) is 1. The van der Waals surface area contributed by atoms with Crippen LogP contribution in [0, 0.1) is 0 Å². The molecule has 0 saturated heterocycles. The van der Waals surface area contributed by atoms with Gasteiger partial charge in [-0.15, -0.1) is 0 Å². The topological polar surface area (TPSA) is 29.3 Å². The van der Waals surface area contributed by atoms with Gasteiger partial charge in [0.2, 0.25) is 0 Å². The molecule has 0 saturated carbocycles. The molecule has 0 amide bonds. The third-order valence-electron chi connectivity index (χ3n) is 3.24. The molecule has 1 aromatic rings. The van der Waals surface area contributed by atoms with Gasteiger partial charge in [-0.3, -0.25) is 4.90 Å². The lowest BCUT2D eigenvalue weighted by Gasteiger charge is -2.27. The number of hydrogen-bond donors (Lipinski definition) is 1. The number of rotatable bonds is 6. The summed E-state index contributed by atoms with van der Waals surface area (Å²) in [6.07, 6.45) is 1.11. The zero-order valence-corrected chi connectivity index (χ0v) is 10.7. The van der Waals surface area contributed by atoms with Crippen LogP contribution in [0.25, 0.3) is 0 Å². The summed E-state index contributed by atoms with van der Waals surface area (Å²) in [5.74, 6) is 0. The first-order chi connectivity index (χ1) is 7.72. The van der Waals surface area contributed by atoms with E-state index in [1.807, 2.05) is 0 Å². The number of aryl methyl sites for hydroxylation is 1. The summed E-state index contributed by atoms with van der Waals surface area (Å²) in [6.45, 7) is 9.37. The Morgan fingerprint density at radius 2 is 1.81 bits per heavy atom. The molecular formula is C14H24N2. The van der Waals surface area contributed by atoms with Gasteiger partial charge in [-0.2, -0.15) is 0 Å². The Labute approximate surface area is 99.5 Å². The van der Waals surface area contributed by atoms with E-state index < -0.39 is 0 Å². The largest absolute Gasteiger partial charge is 0.329 e. The molecule has 90 valence electrons. The van der Waals surface area contributed by atoms with Crippen molar-refractivity contribution in [3.63, 3.8) is 0 Å². The van der Waals surface area contributed by atoms with Gasteiger partial charge >= 0.3 is 0 Å². The van der Waals surface area contributed by atoms with E-state index in [4.69, 9.17) is 5.73 Å². The van der Waals surface area contributed by atoms with E-state index >= 15 is 0 Å². The van der Waals surface area contributed by atoms with Gasteiger partial charge in [-0.25, -0.2) is 0 Å². The van der Waals surface area contributed by atoms with Crippen molar-refractivity contribution in [2.75, 3.05) is 19.6 Å². The van der Waals surface area contributed by atoms with Crippen LogP contribution in [0.3, 0.4) is 0 Å². The number of nitrogens with two attached hydrogens (primary N) is 1. The van der Waals surface area contributed by atoms with Crippen molar-refractivity contribution in [2.45, 2.75) is 33.2 Å².